The lowest BCUT2D eigenvalue weighted by atomic mass is 10.2. The molecule has 0 radical (unpaired) electrons. The highest BCUT2D eigenvalue weighted by Crippen LogP contribution is 2.32. The third-order valence-electron chi connectivity index (χ3n) is 3.54. The molecule has 2 rings (SSSR count). The SMILES string of the molecule is CCN(CC)C1NC2NC(=S)N(C(C)C)C(=O)C2S1. The van der Waals surface area contributed by atoms with Crippen molar-refractivity contribution in [2.75, 3.05) is 13.1 Å². The third kappa shape index (κ3) is 2.74. The summed E-state index contributed by atoms with van der Waals surface area (Å²) >= 11 is 6.98. The van der Waals surface area contributed by atoms with Crippen molar-refractivity contribution in [1.29, 1.82) is 0 Å². The first kappa shape index (κ1) is 15.0. The number of thioether (sulfide) groups is 1. The molecule has 0 saturated carbocycles. The summed E-state index contributed by atoms with van der Waals surface area (Å²) in [6, 6.07) is 0.0987. The minimum Gasteiger partial charge on any atom is -0.345 e. The zero-order valence-corrected chi connectivity index (χ0v) is 13.5. The van der Waals surface area contributed by atoms with Crippen molar-refractivity contribution < 1.29 is 4.79 Å². The van der Waals surface area contributed by atoms with E-state index < -0.39 is 0 Å². The summed E-state index contributed by atoms with van der Waals surface area (Å²) in [4.78, 5) is 16.5. The van der Waals surface area contributed by atoms with E-state index in [9.17, 15) is 4.79 Å². The molecule has 19 heavy (non-hydrogen) atoms. The number of amides is 1. The summed E-state index contributed by atoms with van der Waals surface area (Å²) in [6.07, 6.45) is -0.0504. The van der Waals surface area contributed by atoms with Gasteiger partial charge in [0.15, 0.2) is 5.11 Å². The molecule has 2 heterocycles. The Morgan fingerprint density at radius 3 is 2.58 bits per heavy atom. The Balaban J connectivity index is 2.12. The van der Waals surface area contributed by atoms with E-state index in [0.29, 0.717) is 5.11 Å². The van der Waals surface area contributed by atoms with Crippen LogP contribution in [-0.2, 0) is 4.79 Å². The molecule has 0 aliphatic carbocycles. The molecule has 0 aromatic rings. The van der Waals surface area contributed by atoms with Gasteiger partial charge in [-0.3, -0.25) is 19.9 Å². The van der Waals surface area contributed by atoms with Gasteiger partial charge in [0.2, 0.25) is 5.91 Å². The Kier molecular flexibility index (Phi) is 4.70. The summed E-state index contributed by atoms with van der Waals surface area (Å²) in [7, 11) is 0. The van der Waals surface area contributed by atoms with Crippen molar-refractivity contribution >= 4 is 35.0 Å². The molecule has 1 amide bonds. The Morgan fingerprint density at radius 1 is 1.42 bits per heavy atom. The number of carbonyl (C=O) groups is 1. The molecule has 3 unspecified atom stereocenters. The number of nitrogens with one attached hydrogen (secondary N) is 2. The molecule has 2 aliphatic rings. The summed E-state index contributed by atoms with van der Waals surface area (Å²) < 4.78 is 0. The highest BCUT2D eigenvalue weighted by atomic mass is 32.2. The largest absolute Gasteiger partial charge is 0.345 e. The Hall–Kier alpha value is -0.370. The number of hydrogen-bond donors (Lipinski definition) is 2. The lowest BCUT2D eigenvalue weighted by molar-refractivity contribution is -0.129. The van der Waals surface area contributed by atoms with Crippen LogP contribution in [0, 0.1) is 0 Å². The van der Waals surface area contributed by atoms with Crippen molar-refractivity contribution in [1.82, 2.24) is 20.4 Å². The number of thiocarbonyl (C=S) groups is 1. The predicted molar refractivity (Wildman–Crippen MR) is 82.7 cm³/mol. The zero-order chi connectivity index (χ0) is 14.2. The molecule has 0 spiro atoms. The molecular weight excluding hydrogens is 280 g/mol. The van der Waals surface area contributed by atoms with Crippen LogP contribution in [0.1, 0.15) is 27.7 Å². The van der Waals surface area contributed by atoms with Crippen LogP contribution in [0.4, 0.5) is 0 Å². The van der Waals surface area contributed by atoms with Gasteiger partial charge in [-0.25, -0.2) is 0 Å². The highest BCUT2D eigenvalue weighted by molar-refractivity contribution is 8.01. The van der Waals surface area contributed by atoms with Gasteiger partial charge >= 0.3 is 0 Å². The molecule has 5 nitrogen and oxygen atoms in total. The first-order valence-corrected chi connectivity index (χ1v) is 8.13. The average molecular weight is 302 g/mol. The maximum atomic E-state index is 12.5. The summed E-state index contributed by atoms with van der Waals surface area (Å²) in [5.74, 6) is 0.121. The molecule has 108 valence electrons. The van der Waals surface area contributed by atoms with E-state index in [4.69, 9.17) is 12.2 Å². The van der Waals surface area contributed by atoms with Gasteiger partial charge in [-0.05, 0) is 39.2 Å². The maximum absolute atomic E-state index is 12.5. The van der Waals surface area contributed by atoms with Crippen LogP contribution in [0.25, 0.3) is 0 Å². The monoisotopic (exact) mass is 302 g/mol. The van der Waals surface area contributed by atoms with Crippen molar-refractivity contribution in [3.05, 3.63) is 0 Å². The van der Waals surface area contributed by atoms with Gasteiger partial charge in [0.05, 0.1) is 0 Å². The lowest BCUT2D eigenvalue weighted by Gasteiger charge is -2.37. The van der Waals surface area contributed by atoms with Crippen LogP contribution in [0.2, 0.25) is 0 Å². The molecule has 2 N–H and O–H groups in total. The topological polar surface area (TPSA) is 47.6 Å². The van der Waals surface area contributed by atoms with Crippen LogP contribution in [0.15, 0.2) is 0 Å². The van der Waals surface area contributed by atoms with Gasteiger partial charge < -0.3 is 5.32 Å². The molecule has 2 aliphatic heterocycles. The number of fused-ring (bicyclic) bond motifs is 1. The highest BCUT2D eigenvalue weighted by Gasteiger charge is 2.47. The molecule has 0 bridgehead atoms. The van der Waals surface area contributed by atoms with E-state index >= 15 is 0 Å². The summed E-state index contributed by atoms with van der Waals surface area (Å²) in [5, 5.41) is 7.15. The van der Waals surface area contributed by atoms with Crippen molar-refractivity contribution in [3.8, 4) is 0 Å². The first-order valence-electron chi connectivity index (χ1n) is 6.78. The van der Waals surface area contributed by atoms with Gasteiger partial charge in [-0.1, -0.05) is 13.8 Å². The second kappa shape index (κ2) is 5.95. The fraction of sp³-hybridized carbons (Fsp3) is 0.833. The summed E-state index contributed by atoms with van der Waals surface area (Å²) in [6.45, 7) is 10.2. The van der Waals surface area contributed by atoms with Gasteiger partial charge in [0, 0.05) is 6.04 Å². The first-order chi connectivity index (χ1) is 8.99. The zero-order valence-electron chi connectivity index (χ0n) is 11.8. The molecule has 0 aromatic heterocycles. The standard InChI is InChI=1S/C12H22N4OS2/c1-5-15(6-2)12-14-9-8(19-12)10(17)16(7(3)4)11(18)13-9/h7-9,12,14H,5-6H2,1-4H3,(H,13,18). The second-order valence-corrected chi connectivity index (χ2v) is 6.64. The van der Waals surface area contributed by atoms with Crippen molar-refractivity contribution in [3.63, 3.8) is 0 Å². The van der Waals surface area contributed by atoms with E-state index in [1.807, 2.05) is 13.8 Å². The van der Waals surface area contributed by atoms with Crippen LogP contribution in [-0.4, -0.2) is 56.9 Å². The molecule has 2 saturated heterocycles. The van der Waals surface area contributed by atoms with E-state index in [0.717, 1.165) is 13.1 Å². The third-order valence-corrected chi connectivity index (χ3v) is 5.31. The van der Waals surface area contributed by atoms with E-state index in [-0.39, 0.29) is 28.9 Å². The molecule has 0 aromatic carbocycles. The Bertz CT molecular complexity index is 373. The number of hydrogen-bond acceptors (Lipinski definition) is 5. The second-order valence-electron chi connectivity index (χ2n) is 5.03. The number of nitrogens with zero attached hydrogens (tertiary/aromatic N) is 2. The normalized spacial score (nSPS) is 31.1. The van der Waals surface area contributed by atoms with Crippen molar-refractivity contribution in [2.45, 2.75) is 50.7 Å². The van der Waals surface area contributed by atoms with E-state index in [2.05, 4.69) is 29.4 Å². The van der Waals surface area contributed by atoms with Gasteiger partial charge in [0.25, 0.3) is 0 Å². The predicted octanol–water partition coefficient (Wildman–Crippen LogP) is 0.768. The fourth-order valence-corrected chi connectivity index (χ4v) is 4.43. The maximum Gasteiger partial charge on any atom is 0.245 e. The summed E-state index contributed by atoms with van der Waals surface area (Å²) in [5.41, 5.74) is 0.177. The minimum absolute atomic E-state index is 0.0504. The van der Waals surface area contributed by atoms with E-state index in [1.54, 1.807) is 16.7 Å². The lowest BCUT2D eigenvalue weighted by Crippen LogP contribution is -2.65. The Morgan fingerprint density at radius 2 is 2.05 bits per heavy atom. The smallest absolute Gasteiger partial charge is 0.245 e. The van der Waals surface area contributed by atoms with Crippen LogP contribution in [0.5, 0.6) is 0 Å². The van der Waals surface area contributed by atoms with Gasteiger partial charge in [-0.15, -0.1) is 11.8 Å². The number of rotatable bonds is 4. The van der Waals surface area contributed by atoms with Gasteiger partial charge in [0.1, 0.15) is 16.9 Å². The van der Waals surface area contributed by atoms with Crippen LogP contribution in [0.3, 0.4) is 0 Å². The van der Waals surface area contributed by atoms with Crippen LogP contribution < -0.4 is 10.6 Å². The average Bonchev–Trinajstić information content (AvgIpc) is 2.74. The molecular formula is C12H22N4OS2. The van der Waals surface area contributed by atoms with Gasteiger partial charge in [-0.2, -0.15) is 0 Å². The number of carbonyl (C=O) groups excluding carboxylic acids is 1. The van der Waals surface area contributed by atoms with Crippen molar-refractivity contribution in [2.24, 2.45) is 0 Å². The van der Waals surface area contributed by atoms with Crippen LogP contribution >= 0.6 is 24.0 Å². The molecule has 3 atom stereocenters. The Labute approximate surface area is 124 Å². The molecule has 7 heteroatoms. The fourth-order valence-electron chi connectivity index (χ4n) is 2.49. The van der Waals surface area contributed by atoms with E-state index in [1.165, 1.54) is 0 Å². The quantitative estimate of drug-likeness (QED) is 0.748. The minimum atomic E-state index is -0.0975. The molecule has 2 fully saturated rings.